The molecular formula is C11H24N2O2. The summed E-state index contributed by atoms with van der Waals surface area (Å²) < 4.78 is 0. The molecule has 0 saturated heterocycles. The van der Waals surface area contributed by atoms with E-state index in [9.17, 15) is 9.59 Å². The molecule has 0 fully saturated rings. The van der Waals surface area contributed by atoms with Gasteiger partial charge in [0.2, 0.25) is 11.8 Å². The minimum absolute atomic E-state index is 0.0311. The van der Waals surface area contributed by atoms with E-state index < -0.39 is 0 Å². The fourth-order valence-corrected chi connectivity index (χ4v) is 0.680. The van der Waals surface area contributed by atoms with E-state index in [2.05, 4.69) is 10.6 Å². The lowest BCUT2D eigenvalue weighted by Gasteiger charge is -2.17. The number of carbonyl (C=O) groups excluding carboxylic acids is 2. The Morgan fingerprint density at radius 3 is 1.93 bits per heavy atom. The molecule has 0 aliphatic carbocycles. The maximum Gasteiger partial charge on any atom is 0.225 e. The van der Waals surface area contributed by atoms with Gasteiger partial charge in [0.15, 0.2) is 0 Å². The van der Waals surface area contributed by atoms with E-state index in [1.165, 1.54) is 0 Å². The fraction of sp³-hybridized carbons (Fsp3) is 0.818. The Bertz CT molecular complexity index is 195. The van der Waals surface area contributed by atoms with E-state index in [0.29, 0.717) is 13.0 Å². The maximum absolute atomic E-state index is 11.3. The molecule has 0 atom stereocenters. The van der Waals surface area contributed by atoms with Crippen molar-refractivity contribution in [3.8, 4) is 0 Å². The molecule has 0 bridgehead atoms. The topological polar surface area (TPSA) is 58.2 Å². The van der Waals surface area contributed by atoms with Crippen LogP contribution in [0.15, 0.2) is 0 Å². The Balaban J connectivity index is 0. The minimum atomic E-state index is -0.386. The quantitative estimate of drug-likeness (QED) is 0.747. The number of nitrogens with one attached hydrogen (secondary N) is 2. The summed E-state index contributed by atoms with van der Waals surface area (Å²) >= 11 is 0. The molecule has 0 unspecified atom stereocenters. The third-order valence-electron chi connectivity index (χ3n) is 1.60. The van der Waals surface area contributed by atoms with Gasteiger partial charge in [-0.1, -0.05) is 34.6 Å². The first kappa shape index (κ1) is 16.4. The zero-order chi connectivity index (χ0) is 12.5. The van der Waals surface area contributed by atoms with Crippen LogP contribution in [0.4, 0.5) is 0 Å². The lowest BCUT2D eigenvalue weighted by Crippen LogP contribution is -2.36. The zero-order valence-electron chi connectivity index (χ0n) is 10.7. The number of rotatable bonds is 3. The molecule has 90 valence electrons. The van der Waals surface area contributed by atoms with Crippen LogP contribution in [0.25, 0.3) is 0 Å². The molecule has 0 saturated carbocycles. The summed E-state index contributed by atoms with van der Waals surface area (Å²) in [5.74, 6) is -0.0920. The monoisotopic (exact) mass is 216 g/mol. The number of carbonyl (C=O) groups is 2. The van der Waals surface area contributed by atoms with Gasteiger partial charge in [-0.2, -0.15) is 0 Å². The van der Waals surface area contributed by atoms with Crippen LogP contribution in [0.5, 0.6) is 0 Å². The second kappa shape index (κ2) is 8.26. The first-order valence-electron chi connectivity index (χ1n) is 5.37. The van der Waals surface area contributed by atoms with Gasteiger partial charge in [0.1, 0.15) is 0 Å². The average Bonchev–Trinajstić information content (AvgIpc) is 2.19. The van der Waals surface area contributed by atoms with Crippen LogP contribution in [0, 0.1) is 5.41 Å². The van der Waals surface area contributed by atoms with Crippen molar-refractivity contribution in [3.63, 3.8) is 0 Å². The average molecular weight is 216 g/mol. The molecule has 0 radical (unpaired) electrons. The van der Waals surface area contributed by atoms with Crippen LogP contribution < -0.4 is 10.6 Å². The highest BCUT2D eigenvalue weighted by Gasteiger charge is 2.20. The second-order valence-electron chi connectivity index (χ2n) is 3.93. The predicted octanol–water partition coefficient (Wildman–Crippen LogP) is 1.31. The largest absolute Gasteiger partial charge is 0.359 e. The van der Waals surface area contributed by atoms with Crippen LogP contribution in [0.2, 0.25) is 0 Å². The molecule has 0 rings (SSSR count). The van der Waals surface area contributed by atoms with Gasteiger partial charge >= 0.3 is 0 Å². The predicted molar refractivity (Wildman–Crippen MR) is 62.5 cm³/mol. The van der Waals surface area contributed by atoms with E-state index in [-0.39, 0.29) is 17.2 Å². The summed E-state index contributed by atoms with van der Waals surface area (Å²) in [7, 11) is 1.58. The molecule has 0 aliphatic rings. The van der Waals surface area contributed by atoms with Crippen LogP contribution in [-0.2, 0) is 9.59 Å². The highest BCUT2D eigenvalue weighted by molar-refractivity contribution is 5.82. The van der Waals surface area contributed by atoms with E-state index in [1.807, 2.05) is 34.6 Å². The van der Waals surface area contributed by atoms with E-state index in [1.54, 1.807) is 7.05 Å². The molecule has 2 amide bonds. The van der Waals surface area contributed by atoms with Gasteiger partial charge < -0.3 is 10.6 Å². The summed E-state index contributed by atoms with van der Waals surface area (Å²) in [5.41, 5.74) is -0.386. The summed E-state index contributed by atoms with van der Waals surface area (Å²) in [6, 6.07) is 0. The summed E-state index contributed by atoms with van der Waals surface area (Å²) in [4.78, 5) is 22.1. The second-order valence-corrected chi connectivity index (χ2v) is 3.93. The van der Waals surface area contributed by atoms with Crippen LogP contribution in [0.1, 0.15) is 41.0 Å². The third-order valence-corrected chi connectivity index (χ3v) is 1.60. The molecule has 0 aliphatic heterocycles. The summed E-state index contributed by atoms with van der Waals surface area (Å²) in [6.45, 7) is 9.91. The van der Waals surface area contributed by atoms with Crippen molar-refractivity contribution < 1.29 is 9.59 Å². The van der Waals surface area contributed by atoms with Gasteiger partial charge in [-0.3, -0.25) is 9.59 Å². The van der Waals surface area contributed by atoms with Gasteiger partial charge in [-0.25, -0.2) is 0 Å². The molecular weight excluding hydrogens is 192 g/mol. The molecule has 2 N–H and O–H groups in total. The first-order valence-corrected chi connectivity index (χ1v) is 5.37. The minimum Gasteiger partial charge on any atom is -0.359 e. The van der Waals surface area contributed by atoms with E-state index in [0.717, 1.165) is 0 Å². The maximum atomic E-state index is 11.3. The Morgan fingerprint density at radius 2 is 1.60 bits per heavy atom. The van der Waals surface area contributed by atoms with Crippen molar-refractivity contribution in [2.45, 2.75) is 41.0 Å². The Kier molecular flexibility index (Phi) is 9.02. The Hall–Kier alpha value is -1.06. The van der Waals surface area contributed by atoms with Crippen molar-refractivity contribution >= 4 is 11.8 Å². The molecule has 4 nitrogen and oxygen atoms in total. The van der Waals surface area contributed by atoms with Crippen molar-refractivity contribution in [2.24, 2.45) is 5.41 Å². The normalized spacial score (nSPS) is 9.73. The number of amides is 2. The lowest BCUT2D eigenvalue weighted by atomic mass is 9.96. The zero-order valence-corrected chi connectivity index (χ0v) is 10.7. The van der Waals surface area contributed by atoms with Crippen LogP contribution >= 0.6 is 0 Å². The molecule has 4 heteroatoms. The number of hydrogen-bond acceptors (Lipinski definition) is 2. The highest BCUT2D eigenvalue weighted by Crippen LogP contribution is 2.11. The van der Waals surface area contributed by atoms with E-state index >= 15 is 0 Å². The van der Waals surface area contributed by atoms with Crippen molar-refractivity contribution in [3.05, 3.63) is 0 Å². The highest BCUT2D eigenvalue weighted by atomic mass is 16.2. The van der Waals surface area contributed by atoms with E-state index in [4.69, 9.17) is 0 Å². The first-order chi connectivity index (χ1) is 6.88. The molecule has 0 aromatic carbocycles. The standard InChI is InChI=1S/C9H18N2O2.C2H6/c1-9(2,3)8(13)11-6-5-7(12)10-4;1-2/h5-6H2,1-4H3,(H,10,12)(H,11,13);1-2H3. The Morgan fingerprint density at radius 1 is 1.13 bits per heavy atom. The number of hydrogen-bond donors (Lipinski definition) is 2. The summed E-state index contributed by atoms with van der Waals surface area (Å²) in [5, 5.41) is 5.18. The van der Waals surface area contributed by atoms with Crippen LogP contribution in [-0.4, -0.2) is 25.4 Å². The molecule has 0 heterocycles. The fourth-order valence-electron chi connectivity index (χ4n) is 0.680. The summed E-state index contributed by atoms with van der Waals surface area (Å²) in [6.07, 6.45) is 0.332. The van der Waals surface area contributed by atoms with Crippen molar-refractivity contribution in [2.75, 3.05) is 13.6 Å². The molecule has 0 aromatic rings. The van der Waals surface area contributed by atoms with Gasteiger partial charge in [0, 0.05) is 25.4 Å². The van der Waals surface area contributed by atoms with Gasteiger partial charge in [-0.15, -0.1) is 0 Å². The van der Waals surface area contributed by atoms with Gasteiger partial charge in [0.05, 0.1) is 0 Å². The molecule has 0 aromatic heterocycles. The Labute approximate surface area is 92.8 Å². The van der Waals surface area contributed by atoms with Gasteiger partial charge in [-0.05, 0) is 0 Å². The van der Waals surface area contributed by atoms with Gasteiger partial charge in [0.25, 0.3) is 0 Å². The van der Waals surface area contributed by atoms with Crippen molar-refractivity contribution in [1.82, 2.24) is 10.6 Å². The molecule has 0 spiro atoms. The molecule has 15 heavy (non-hydrogen) atoms. The smallest absolute Gasteiger partial charge is 0.225 e. The third kappa shape index (κ3) is 9.25. The van der Waals surface area contributed by atoms with Crippen molar-refractivity contribution in [1.29, 1.82) is 0 Å². The lowest BCUT2D eigenvalue weighted by molar-refractivity contribution is -0.128. The SMILES string of the molecule is CC.CNC(=O)CCNC(=O)C(C)(C)C. The van der Waals surface area contributed by atoms with Crippen LogP contribution in [0.3, 0.4) is 0 Å².